The van der Waals surface area contributed by atoms with Crippen LogP contribution in [0.15, 0.2) is 18.2 Å². The molecule has 2 saturated carbocycles. The van der Waals surface area contributed by atoms with Crippen LogP contribution in [0.25, 0.3) is 0 Å². The Balaban J connectivity index is 1.38. The summed E-state index contributed by atoms with van der Waals surface area (Å²) in [6.07, 6.45) is 11.4. The van der Waals surface area contributed by atoms with E-state index in [2.05, 4.69) is 28.4 Å². The van der Waals surface area contributed by atoms with Gasteiger partial charge < -0.3 is 15.0 Å². The highest BCUT2D eigenvalue weighted by Gasteiger charge is 2.44. The molecule has 3 fully saturated rings. The number of benzene rings is 1. The van der Waals surface area contributed by atoms with Crippen molar-refractivity contribution in [2.75, 3.05) is 20.2 Å². The Morgan fingerprint density at radius 2 is 1.68 bits per heavy atom. The minimum Gasteiger partial charge on any atom is -0.496 e. The Kier molecular flexibility index (Phi) is 6.88. The van der Waals surface area contributed by atoms with E-state index in [4.69, 9.17) is 4.74 Å². The molecule has 1 saturated heterocycles. The molecular formula is C26H38N2O3. The summed E-state index contributed by atoms with van der Waals surface area (Å²) in [4.78, 5) is 28.4. The van der Waals surface area contributed by atoms with E-state index in [9.17, 15) is 9.59 Å². The highest BCUT2D eigenvalue weighted by atomic mass is 16.5. The number of amides is 2. The van der Waals surface area contributed by atoms with E-state index in [1.165, 1.54) is 19.3 Å². The first kappa shape index (κ1) is 22.2. The van der Waals surface area contributed by atoms with Gasteiger partial charge in [-0.1, -0.05) is 44.2 Å². The van der Waals surface area contributed by atoms with Crippen LogP contribution in [0.5, 0.6) is 5.75 Å². The Labute approximate surface area is 186 Å². The van der Waals surface area contributed by atoms with E-state index in [1.54, 1.807) is 7.11 Å². The largest absolute Gasteiger partial charge is 0.496 e. The van der Waals surface area contributed by atoms with Crippen molar-refractivity contribution in [3.05, 3.63) is 29.3 Å². The van der Waals surface area contributed by atoms with Crippen molar-refractivity contribution >= 4 is 11.8 Å². The number of carbonyl (C=O) groups excluding carboxylic acids is 2. The zero-order valence-corrected chi connectivity index (χ0v) is 19.3. The number of ether oxygens (including phenoxy) is 1. The normalized spacial score (nSPS) is 22.3. The number of likely N-dealkylation sites (tertiary alicyclic amines) is 1. The van der Waals surface area contributed by atoms with Crippen molar-refractivity contribution < 1.29 is 14.3 Å². The van der Waals surface area contributed by atoms with Gasteiger partial charge in [-0.15, -0.1) is 0 Å². The fourth-order valence-corrected chi connectivity index (χ4v) is 5.92. The Morgan fingerprint density at radius 3 is 2.32 bits per heavy atom. The molecular weight excluding hydrogens is 388 g/mol. The molecule has 0 spiro atoms. The van der Waals surface area contributed by atoms with Crippen molar-refractivity contribution in [1.82, 2.24) is 10.2 Å². The second kappa shape index (κ2) is 9.62. The number of piperidine rings is 1. The minimum absolute atomic E-state index is 0.160. The topological polar surface area (TPSA) is 58.6 Å². The van der Waals surface area contributed by atoms with Gasteiger partial charge in [0, 0.05) is 25.0 Å². The molecule has 1 N–H and O–H groups in total. The maximum absolute atomic E-state index is 13.6. The van der Waals surface area contributed by atoms with Crippen LogP contribution in [0.2, 0.25) is 0 Å². The molecule has 0 radical (unpaired) electrons. The lowest BCUT2D eigenvalue weighted by Gasteiger charge is -2.37. The molecule has 1 heterocycles. The fourth-order valence-electron chi connectivity index (χ4n) is 5.92. The van der Waals surface area contributed by atoms with Gasteiger partial charge in [0.1, 0.15) is 5.75 Å². The van der Waals surface area contributed by atoms with E-state index in [-0.39, 0.29) is 17.9 Å². The van der Waals surface area contributed by atoms with E-state index in [0.29, 0.717) is 5.91 Å². The fraction of sp³-hybridized carbons (Fsp3) is 0.692. The molecule has 0 aromatic heterocycles. The molecule has 5 heteroatoms. The summed E-state index contributed by atoms with van der Waals surface area (Å²) in [5.74, 6) is 1.60. The van der Waals surface area contributed by atoms with Crippen LogP contribution in [-0.4, -0.2) is 43.0 Å². The molecule has 2 aliphatic carbocycles. The van der Waals surface area contributed by atoms with Gasteiger partial charge in [0.25, 0.3) is 0 Å². The molecule has 3 aliphatic rings. The third kappa shape index (κ3) is 4.61. The molecule has 0 bridgehead atoms. The smallest absolute Gasteiger partial charge is 0.230 e. The number of rotatable bonds is 5. The number of aryl methyl sites for hydroxylation is 1. The number of methoxy groups -OCH3 is 1. The van der Waals surface area contributed by atoms with Crippen molar-refractivity contribution in [2.24, 2.45) is 5.92 Å². The van der Waals surface area contributed by atoms with Crippen LogP contribution in [0.3, 0.4) is 0 Å². The number of hydrogen-bond donors (Lipinski definition) is 1. The predicted octanol–water partition coefficient (Wildman–Crippen LogP) is 4.50. The summed E-state index contributed by atoms with van der Waals surface area (Å²) in [6, 6.07) is 6.39. The van der Waals surface area contributed by atoms with Crippen LogP contribution in [0.1, 0.15) is 81.8 Å². The van der Waals surface area contributed by atoms with Crippen LogP contribution < -0.4 is 10.1 Å². The number of nitrogens with one attached hydrogen (secondary N) is 1. The van der Waals surface area contributed by atoms with Crippen LogP contribution in [0.4, 0.5) is 0 Å². The van der Waals surface area contributed by atoms with E-state index in [1.807, 2.05) is 6.92 Å². The Hall–Kier alpha value is -2.04. The maximum atomic E-state index is 13.6. The summed E-state index contributed by atoms with van der Waals surface area (Å²) in [6.45, 7) is 3.57. The Morgan fingerprint density at radius 1 is 1.00 bits per heavy atom. The third-order valence-corrected chi connectivity index (χ3v) is 7.95. The molecule has 1 aromatic carbocycles. The second-order valence-corrected chi connectivity index (χ2v) is 9.88. The standard InChI is InChI=1S/C26H38N2O3/c1-19-10-11-21(18-23(19)31-2)26(14-6-7-15-26)25(30)27-22-12-16-28(17-13-22)24(29)20-8-4-3-5-9-20/h10-11,18,20,22H,3-9,12-17H2,1-2H3,(H,27,30). The predicted molar refractivity (Wildman–Crippen MR) is 122 cm³/mol. The highest BCUT2D eigenvalue weighted by molar-refractivity contribution is 5.89. The molecule has 0 unspecified atom stereocenters. The molecule has 2 amide bonds. The van der Waals surface area contributed by atoms with E-state index < -0.39 is 5.41 Å². The van der Waals surface area contributed by atoms with Crippen molar-refractivity contribution in [1.29, 1.82) is 0 Å². The van der Waals surface area contributed by atoms with Crippen LogP contribution in [-0.2, 0) is 15.0 Å². The van der Waals surface area contributed by atoms with Crippen molar-refractivity contribution in [2.45, 2.75) is 89.0 Å². The first-order valence-electron chi connectivity index (χ1n) is 12.3. The monoisotopic (exact) mass is 426 g/mol. The summed E-state index contributed by atoms with van der Waals surface area (Å²) in [5.41, 5.74) is 1.72. The van der Waals surface area contributed by atoms with Gasteiger partial charge in [-0.25, -0.2) is 0 Å². The summed E-state index contributed by atoms with van der Waals surface area (Å²) in [5, 5.41) is 3.37. The third-order valence-electron chi connectivity index (χ3n) is 7.95. The molecule has 170 valence electrons. The van der Waals surface area contributed by atoms with E-state index >= 15 is 0 Å². The molecule has 0 atom stereocenters. The average molecular weight is 427 g/mol. The molecule has 31 heavy (non-hydrogen) atoms. The van der Waals surface area contributed by atoms with Crippen molar-refractivity contribution in [3.63, 3.8) is 0 Å². The zero-order valence-electron chi connectivity index (χ0n) is 19.3. The van der Waals surface area contributed by atoms with E-state index in [0.717, 1.165) is 81.3 Å². The number of carbonyl (C=O) groups is 2. The maximum Gasteiger partial charge on any atom is 0.230 e. The Bertz CT molecular complexity index is 786. The molecule has 1 aromatic rings. The minimum atomic E-state index is -0.448. The summed E-state index contributed by atoms with van der Waals surface area (Å²) < 4.78 is 5.53. The quantitative estimate of drug-likeness (QED) is 0.754. The molecule has 4 rings (SSSR count). The summed E-state index contributed by atoms with van der Waals surface area (Å²) in [7, 11) is 1.69. The van der Waals surface area contributed by atoms with Gasteiger partial charge in [0.2, 0.25) is 11.8 Å². The molecule has 1 aliphatic heterocycles. The lowest BCUT2D eigenvalue weighted by molar-refractivity contribution is -0.137. The first-order valence-corrected chi connectivity index (χ1v) is 12.3. The van der Waals surface area contributed by atoms with Gasteiger partial charge in [-0.3, -0.25) is 9.59 Å². The van der Waals surface area contributed by atoms with Crippen LogP contribution >= 0.6 is 0 Å². The number of hydrogen-bond acceptors (Lipinski definition) is 3. The SMILES string of the molecule is COc1cc(C2(C(=O)NC3CCN(C(=O)C4CCCCC4)CC3)CCCC2)ccc1C. The summed E-state index contributed by atoms with van der Waals surface area (Å²) >= 11 is 0. The van der Waals surface area contributed by atoms with Crippen molar-refractivity contribution in [3.8, 4) is 5.75 Å². The van der Waals surface area contributed by atoms with Gasteiger partial charge in [0.05, 0.1) is 12.5 Å². The van der Waals surface area contributed by atoms with Crippen LogP contribution in [0, 0.1) is 12.8 Å². The van der Waals surface area contributed by atoms with Gasteiger partial charge >= 0.3 is 0 Å². The zero-order chi connectivity index (χ0) is 21.8. The van der Waals surface area contributed by atoms with Gasteiger partial charge in [-0.05, 0) is 62.6 Å². The van der Waals surface area contributed by atoms with Gasteiger partial charge in [-0.2, -0.15) is 0 Å². The highest BCUT2D eigenvalue weighted by Crippen LogP contribution is 2.43. The lowest BCUT2D eigenvalue weighted by atomic mass is 9.77. The number of nitrogens with zero attached hydrogens (tertiary/aromatic N) is 1. The second-order valence-electron chi connectivity index (χ2n) is 9.88. The first-order chi connectivity index (χ1) is 15.0. The average Bonchev–Trinajstić information content (AvgIpc) is 3.31. The molecule has 5 nitrogen and oxygen atoms in total. The lowest BCUT2D eigenvalue weighted by Crippen LogP contribution is -2.52. The van der Waals surface area contributed by atoms with Gasteiger partial charge in [0.15, 0.2) is 0 Å².